The number of hydrogen-bond donors (Lipinski definition) is 1. The van der Waals surface area contributed by atoms with Crippen LogP contribution in [0, 0.1) is 10.1 Å². The van der Waals surface area contributed by atoms with Crippen LogP contribution in [0.15, 0.2) is 42.5 Å². The lowest BCUT2D eigenvalue weighted by Gasteiger charge is -2.23. The molecule has 9 heteroatoms. The van der Waals surface area contributed by atoms with Gasteiger partial charge in [0.25, 0.3) is 5.69 Å². The molecular formula is C24H31N3O5S. The fourth-order valence-corrected chi connectivity index (χ4v) is 5.25. The van der Waals surface area contributed by atoms with Crippen molar-refractivity contribution in [1.29, 1.82) is 0 Å². The first-order chi connectivity index (χ1) is 15.7. The third-order valence-electron chi connectivity index (χ3n) is 6.01. The van der Waals surface area contributed by atoms with Gasteiger partial charge in [0.2, 0.25) is 15.9 Å². The Balaban J connectivity index is 1.61. The van der Waals surface area contributed by atoms with Crippen molar-refractivity contribution in [2.45, 2.75) is 57.9 Å². The van der Waals surface area contributed by atoms with Crippen molar-refractivity contribution in [3.8, 4) is 0 Å². The second kappa shape index (κ2) is 10.8. The van der Waals surface area contributed by atoms with Gasteiger partial charge in [-0.1, -0.05) is 31.2 Å². The number of rotatable bonds is 10. The Hall–Kier alpha value is -2.94. The first-order valence-corrected chi connectivity index (χ1v) is 13.2. The van der Waals surface area contributed by atoms with E-state index in [1.807, 2.05) is 6.92 Å². The Kier molecular flexibility index (Phi) is 8.07. The highest BCUT2D eigenvalue weighted by Crippen LogP contribution is 2.27. The zero-order chi connectivity index (χ0) is 24.0. The predicted octanol–water partition coefficient (Wildman–Crippen LogP) is 4.29. The Bertz CT molecular complexity index is 1120. The number of nitro benzene ring substituents is 1. The second-order valence-corrected chi connectivity index (χ2v) is 10.4. The van der Waals surface area contributed by atoms with E-state index in [1.54, 1.807) is 0 Å². The molecule has 0 fully saturated rings. The summed E-state index contributed by atoms with van der Waals surface area (Å²) in [6.45, 7) is 2.08. The van der Waals surface area contributed by atoms with E-state index >= 15 is 0 Å². The minimum Gasteiger partial charge on any atom is -0.349 e. The molecule has 0 saturated carbocycles. The number of non-ortho nitro benzene ring substituents is 1. The molecule has 1 aliphatic rings. The van der Waals surface area contributed by atoms with Crippen LogP contribution in [0.5, 0.6) is 0 Å². The van der Waals surface area contributed by atoms with Gasteiger partial charge in [-0.25, -0.2) is 8.42 Å². The number of fused-ring (bicyclic) bond motifs is 1. The first kappa shape index (κ1) is 24.7. The number of nitrogens with one attached hydrogen (secondary N) is 1. The van der Waals surface area contributed by atoms with Crippen molar-refractivity contribution in [3.63, 3.8) is 0 Å². The maximum Gasteiger partial charge on any atom is 0.271 e. The number of nitrogens with zero attached hydrogens (tertiary/aromatic N) is 2. The lowest BCUT2D eigenvalue weighted by atomic mass is 9.89. The summed E-state index contributed by atoms with van der Waals surface area (Å²) in [5, 5.41) is 14.1. The van der Waals surface area contributed by atoms with Gasteiger partial charge < -0.3 is 5.32 Å². The summed E-state index contributed by atoms with van der Waals surface area (Å²) < 4.78 is 25.6. The molecule has 2 aromatic carbocycles. The summed E-state index contributed by atoms with van der Waals surface area (Å²) in [6.07, 6.45) is 6.86. The Labute approximate surface area is 195 Å². The minimum atomic E-state index is -3.66. The zero-order valence-corrected chi connectivity index (χ0v) is 19.9. The Morgan fingerprint density at radius 3 is 2.55 bits per heavy atom. The van der Waals surface area contributed by atoms with Gasteiger partial charge in [-0.05, 0) is 61.3 Å². The lowest BCUT2D eigenvalue weighted by Crippen LogP contribution is -2.33. The van der Waals surface area contributed by atoms with Gasteiger partial charge in [0, 0.05) is 25.1 Å². The third-order valence-corrected chi connectivity index (χ3v) is 7.21. The molecule has 1 amide bonds. The maximum absolute atomic E-state index is 12.6. The summed E-state index contributed by atoms with van der Waals surface area (Å²) in [4.78, 5) is 23.1. The molecular weight excluding hydrogens is 442 g/mol. The molecule has 1 atom stereocenters. The fourth-order valence-electron chi connectivity index (χ4n) is 4.29. The molecule has 0 heterocycles. The predicted molar refractivity (Wildman–Crippen MR) is 129 cm³/mol. The molecule has 0 unspecified atom stereocenters. The third kappa shape index (κ3) is 6.54. The van der Waals surface area contributed by atoms with Crippen LogP contribution in [0.4, 0.5) is 11.4 Å². The maximum atomic E-state index is 12.6. The monoisotopic (exact) mass is 473 g/mol. The van der Waals surface area contributed by atoms with Gasteiger partial charge in [0.15, 0.2) is 0 Å². The van der Waals surface area contributed by atoms with Gasteiger partial charge in [-0.2, -0.15) is 0 Å². The number of sulfonamides is 1. The van der Waals surface area contributed by atoms with Crippen molar-refractivity contribution >= 4 is 27.3 Å². The van der Waals surface area contributed by atoms with E-state index in [2.05, 4.69) is 23.5 Å². The molecule has 33 heavy (non-hydrogen) atoms. The smallest absolute Gasteiger partial charge is 0.271 e. The highest BCUT2D eigenvalue weighted by molar-refractivity contribution is 7.92. The Morgan fingerprint density at radius 1 is 1.15 bits per heavy atom. The van der Waals surface area contributed by atoms with Gasteiger partial charge in [0.1, 0.15) is 0 Å². The SMILES string of the molecule is CC[C@@H](NC(=O)CCCN(c1cccc([N+](=O)[O-])c1)S(C)(=O)=O)c1ccc2c(c1)CCCC2. The Morgan fingerprint density at radius 2 is 1.88 bits per heavy atom. The lowest BCUT2D eigenvalue weighted by molar-refractivity contribution is -0.384. The molecule has 2 aromatic rings. The average molecular weight is 474 g/mol. The summed E-state index contributed by atoms with van der Waals surface area (Å²) in [6, 6.07) is 11.9. The minimum absolute atomic E-state index is 0.0586. The molecule has 3 rings (SSSR count). The van der Waals surface area contributed by atoms with Crippen molar-refractivity contribution < 1.29 is 18.1 Å². The fraction of sp³-hybridized carbons (Fsp3) is 0.458. The van der Waals surface area contributed by atoms with E-state index in [4.69, 9.17) is 0 Å². The second-order valence-electron chi connectivity index (χ2n) is 8.48. The van der Waals surface area contributed by atoms with E-state index in [-0.39, 0.29) is 36.3 Å². The van der Waals surface area contributed by atoms with E-state index in [0.29, 0.717) is 6.42 Å². The molecule has 0 radical (unpaired) electrons. The number of aryl methyl sites for hydroxylation is 2. The van der Waals surface area contributed by atoms with Crippen LogP contribution in [-0.4, -0.2) is 32.0 Å². The number of anilines is 1. The number of benzene rings is 2. The summed E-state index contributed by atoms with van der Waals surface area (Å²) in [5.41, 5.74) is 3.89. The van der Waals surface area contributed by atoms with Gasteiger partial charge >= 0.3 is 0 Å². The molecule has 1 N–H and O–H groups in total. The zero-order valence-electron chi connectivity index (χ0n) is 19.1. The number of amides is 1. The topological polar surface area (TPSA) is 110 Å². The van der Waals surface area contributed by atoms with E-state index < -0.39 is 14.9 Å². The van der Waals surface area contributed by atoms with Crippen LogP contribution in [0.25, 0.3) is 0 Å². The summed E-state index contributed by atoms with van der Waals surface area (Å²) in [7, 11) is -3.66. The highest BCUT2D eigenvalue weighted by Gasteiger charge is 2.21. The highest BCUT2D eigenvalue weighted by atomic mass is 32.2. The molecule has 178 valence electrons. The average Bonchev–Trinajstić information content (AvgIpc) is 2.79. The standard InChI is InChI=1S/C24H31N3O5S/c1-3-23(20-14-13-18-8-4-5-9-19(18)16-20)25-24(28)12-7-15-26(33(2,31)32)21-10-6-11-22(17-21)27(29)30/h6,10-11,13-14,16-17,23H,3-5,7-9,12,15H2,1-2H3,(H,25,28)/t23-/m1/s1. The molecule has 0 aromatic heterocycles. The number of carbonyl (C=O) groups is 1. The molecule has 0 spiro atoms. The number of hydrogen-bond acceptors (Lipinski definition) is 5. The van der Waals surface area contributed by atoms with E-state index in [9.17, 15) is 23.3 Å². The normalized spacial score (nSPS) is 14.2. The van der Waals surface area contributed by atoms with E-state index in [1.165, 1.54) is 48.2 Å². The molecule has 8 nitrogen and oxygen atoms in total. The summed E-state index contributed by atoms with van der Waals surface area (Å²) >= 11 is 0. The van der Waals surface area contributed by atoms with Crippen LogP contribution >= 0.6 is 0 Å². The molecule has 1 aliphatic carbocycles. The van der Waals surface area contributed by atoms with Crippen LogP contribution in [0.1, 0.15) is 61.8 Å². The van der Waals surface area contributed by atoms with Crippen LogP contribution in [-0.2, 0) is 27.7 Å². The van der Waals surface area contributed by atoms with Crippen molar-refractivity contribution in [2.75, 3.05) is 17.1 Å². The van der Waals surface area contributed by atoms with Gasteiger partial charge in [-0.15, -0.1) is 0 Å². The van der Waals surface area contributed by atoms with E-state index in [0.717, 1.165) is 35.4 Å². The number of nitro groups is 1. The molecule has 0 saturated heterocycles. The van der Waals surface area contributed by atoms with Crippen molar-refractivity contribution in [2.24, 2.45) is 0 Å². The van der Waals surface area contributed by atoms with Crippen LogP contribution in [0.2, 0.25) is 0 Å². The van der Waals surface area contributed by atoms with Gasteiger partial charge in [-0.3, -0.25) is 19.2 Å². The molecule has 0 aliphatic heterocycles. The van der Waals surface area contributed by atoms with Crippen molar-refractivity contribution in [3.05, 3.63) is 69.3 Å². The first-order valence-electron chi connectivity index (χ1n) is 11.3. The number of carbonyl (C=O) groups excluding carboxylic acids is 1. The quantitative estimate of drug-likeness (QED) is 0.409. The van der Waals surface area contributed by atoms with Crippen molar-refractivity contribution in [1.82, 2.24) is 5.32 Å². The largest absolute Gasteiger partial charge is 0.349 e. The van der Waals surface area contributed by atoms with Crippen LogP contribution < -0.4 is 9.62 Å². The summed E-state index contributed by atoms with van der Waals surface area (Å²) in [5.74, 6) is -0.146. The van der Waals surface area contributed by atoms with Crippen LogP contribution in [0.3, 0.4) is 0 Å². The van der Waals surface area contributed by atoms with Gasteiger partial charge in [0.05, 0.1) is 22.9 Å². The molecule has 0 bridgehead atoms.